The first-order valence-corrected chi connectivity index (χ1v) is 11.2. The van der Waals surface area contributed by atoms with Crippen molar-refractivity contribution in [3.05, 3.63) is 58.1 Å². The first-order valence-electron chi connectivity index (χ1n) is 9.99. The van der Waals surface area contributed by atoms with Crippen LogP contribution in [0.2, 0.25) is 10.0 Å². The summed E-state index contributed by atoms with van der Waals surface area (Å²) in [5, 5.41) is 5.26. The number of hydrogen-bond acceptors (Lipinski definition) is 4. The van der Waals surface area contributed by atoms with Crippen LogP contribution < -0.4 is 10.1 Å². The molecular formula is C22H27Cl2N3O2S. The van der Waals surface area contributed by atoms with Gasteiger partial charge in [-0.05, 0) is 48.5 Å². The van der Waals surface area contributed by atoms with E-state index >= 15 is 0 Å². The molecule has 0 aliphatic carbocycles. The largest absolute Gasteiger partial charge is 0.495 e. The van der Waals surface area contributed by atoms with Gasteiger partial charge in [-0.15, -0.1) is 0 Å². The minimum atomic E-state index is 0.565. The molecule has 1 aliphatic heterocycles. The lowest BCUT2D eigenvalue weighted by Gasteiger charge is -2.29. The Bertz CT molecular complexity index is 847. The zero-order chi connectivity index (χ0) is 21.3. The number of ether oxygens (including phenoxy) is 2. The lowest BCUT2D eigenvalue weighted by atomic mass is 10.2. The van der Waals surface area contributed by atoms with Crippen molar-refractivity contribution in [1.82, 2.24) is 9.80 Å². The van der Waals surface area contributed by atoms with Crippen LogP contribution in [0.3, 0.4) is 0 Å². The summed E-state index contributed by atoms with van der Waals surface area (Å²) in [5.41, 5.74) is 1.96. The van der Waals surface area contributed by atoms with E-state index in [9.17, 15) is 0 Å². The van der Waals surface area contributed by atoms with Gasteiger partial charge in [0, 0.05) is 49.5 Å². The van der Waals surface area contributed by atoms with Gasteiger partial charge < -0.3 is 19.7 Å². The molecule has 162 valence electrons. The fourth-order valence-electron chi connectivity index (χ4n) is 3.36. The first kappa shape index (κ1) is 23.1. The van der Waals surface area contributed by atoms with E-state index in [1.807, 2.05) is 30.3 Å². The molecule has 0 unspecified atom stereocenters. The number of methoxy groups -OCH3 is 1. The van der Waals surface area contributed by atoms with E-state index in [0.29, 0.717) is 22.4 Å². The summed E-state index contributed by atoms with van der Waals surface area (Å²) in [7, 11) is 1.60. The average molecular weight is 468 g/mol. The number of rotatable bonds is 8. The van der Waals surface area contributed by atoms with Gasteiger partial charge in [-0.1, -0.05) is 35.3 Å². The minimum Gasteiger partial charge on any atom is -0.495 e. The molecule has 1 fully saturated rings. The second kappa shape index (κ2) is 11.7. The van der Waals surface area contributed by atoms with Gasteiger partial charge in [0.2, 0.25) is 0 Å². The molecule has 3 rings (SSSR count). The first-order chi connectivity index (χ1) is 14.5. The van der Waals surface area contributed by atoms with E-state index in [2.05, 4.69) is 21.2 Å². The van der Waals surface area contributed by atoms with Crippen LogP contribution in [-0.4, -0.2) is 61.4 Å². The lowest BCUT2D eigenvalue weighted by Crippen LogP contribution is -2.40. The molecular weight excluding hydrogens is 441 g/mol. The Kier molecular flexibility index (Phi) is 9.03. The molecule has 1 aliphatic rings. The monoisotopic (exact) mass is 467 g/mol. The molecule has 0 amide bonds. The summed E-state index contributed by atoms with van der Waals surface area (Å²) in [4.78, 5) is 4.60. The Balaban J connectivity index is 1.66. The molecule has 30 heavy (non-hydrogen) atoms. The highest BCUT2D eigenvalue weighted by Crippen LogP contribution is 2.27. The highest BCUT2D eigenvalue weighted by molar-refractivity contribution is 7.80. The zero-order valence-electron chi connectivity index (χ0n) is 17.1. The van der Waals surface area contributed by atoms with Gasteiger partial charge in [-0.3, -0.25) is 4.90 Å². The molecule has 1 saturated heterocycles. The smallest absolute Gasteiger partial charge is 0.173 e. The molecule has 0 aromatic heterocycles. The maximum absolute atomic E-state index is 6.18. The SMILES string of the molecule is COc1cc(NC(=S)N(CCCN2CCOCC2)Cc2cccc(Cl)c2)ccc1Cl. The van der Waals surface area contributed by atoms with Crippen molar-refractivity contribution in [3.8, 4) is 5.75 Å². The maximum atomic E-state index is 6.18. The molecule has 0 bridgehead atoms. The van der Waals surface area contributed by atoms with Crippen molar-refractivity contribution in [2.75, 3.05) is 51.8 Å². The number of anilines is 1. The van der Waals surface area contributed by atoms with E-state index < -0.39 is 0 Å². The van der Waals surface area contributed by atoms with E-state index in [1.54, 1.807) is 13.2 Å². The van der Waals surface area contributed by atoms with Gasteiger partial charge in [0.1, 0.15) is 5.75 Å². The predicted molar refractivity (Wildman–Crippen MR) is 128 cm³/mol. The number of nitrogens with zero attached hydrogens (tertiary/aromatic N) is 2. The standard InChI is InChI=1S/C22H27Cl2N3O2S/c1-28-21-15-19(6-7-20(21)24)25-22(30)27(16-17-4-2-5-18(23)14-17)9-3-8-26-10-12-29-13-11-26/h2,4-7,14-15H,3,8-13,16H2,1H3,(H,25,30). The van der Waals surface area contributed by atoms with E-state index in [0.717, 1.165) is 62.1 Å². The molecule has 0 saturated carbocycles. The van der Waals surface area contributed by atoms with Crippen molar-refractivity contribution >= 4 is 46.2 Å². The second-order valence-electron chi connectivity index (χ2n) is 7.14. The number of thiocarbonyl (C=S) groups is 1. The van der Waals surface area contributed by atoms with Gasteiger partial charge in [0.05, 0.1) is 25.3 Å². The number of morpholine rings is 1. The van der Waals surface area contributed by atoms with Crippen LogP contribution in [0.15, 0.2) is 42.5 Å². The van der Waals surface area contributed by atoms with Crippen LogP contribution in [0.5, 0.6) is 5.75 Å². The van der Waals surface area contributed by atoms with Gasteiger partial charge in [0.15, 0.2) is 5.11 Å². The third-order valence-electron chi connectivity index (χ3n) is 4.96. The van der Waals surface area contributed by atoms with Gasteiger partial charge in [0.25, 0.3) is 0 Å². The molecule has 5 nitrogen and oxygen atoms in total. The third kappa shape index (κ3) is 7.00. The highest BCUT2D eigenvalue weighted by atomic mass is 35.5. The van der Waals surface area contributed by atoms with Crippen LogP contribution in [0.4, 0.5) is 5.69 Å². The van der Waals surface area contributed by atoms with Crippen molar-refractivity contribution in [1.29, 1.82) is 0 Å². The quantitative estimate of drug-likeness (QED) is 0.555. The Morgan fingerprint density at radius 1 is 1.20 bits per heavy atom. The Morgan fingerprint density at radius 3 is 2.73 bits per heavy atom. The van der Waals surface area contributed by atoms with Gasteiger partial charge in [-0.25, -0.2) is 0 Å². The minimum absolute atomic E-state index is 0.565. The number of benzene rings is 2. The summed E-state index contributed by atoms with van der Waals surface area (Å²) < 4.78 is 10.7. The summed E-state index contributed by atoms with van der Waals surface area (Å²) >= 11 is 18.1. The van der Waals surface area contributed by atoms with Crippen LogP contribution in [0.25, 0.3) is 0 Å². The molecule has 0 radical (unpaired) electrons. The Labute approximate surface area is 193 Å². The molecule has 0 atom stereocenters. The van der Waals surface area contributed by atoms with Crippen LogP contribution in [0, 0.1) is 0 Å². The van der Waals surface area contributed by atoms with Crippen LogP contribution in [0.1, 0.15) is 12.0 Å². The molecule has 2 aromatic rings. The summed E-state index contributed by atoms with van der Waals surface area (Å²) in [6.45, 7) is 6.13. The average Bonchev–Trinajstić information content (AvgIpc) is 2.75. The van der Waals surface area contributed by atoms with Gasteiger partial charge >= 0.3 is 0 Å². The second-order valence-corrected chi connectivity index (χ2v) is 8.37. The van der Waals surface area contributed by atoms with Gasteiger partial charge in [-0.2, -0.15) is 0 Å². The maximum Gasteiger partial charge on any atom is 0.173 e. The number of nitrogens with one attached hydrogen (secondary N) is 1. The topological polar surface area (TPSA) is 37.0 Å². The van der Waals surface area contributed by atoms with E-state index in [-0.39, 0.29) is 0 Å². The van der Waals surface area contributed by atoms with Crippen molar-refractivity contribution < 1.29 is 9.47 Å². The van der Waals surface area contributed by atoms with Crippen molar-refractivity contribution in [3.63, 3.8) is 0 Å². The summed E-state index contributed by atoms with van der Waals surface area (Å²) in [6, 6.07) is 13.4. The number of hydrogen-bond donors (Lipinski definition) is 1. The Morgan fingerprint density at radius 2 is 2.00 bits per heavy atom. The van der Waals surface area contributed by atoms with E-state index in [1.165, 1.54) is 0 Å². The fourth-order valence-corrected chi connectivity index (χ4v) is 4.04. The normalized spacial score (nSPS) is 14.4. The highest BCUT2D eigenvalue weighted by Gasteiger charge is 2.14. The number of halogens is 2. The lowest BCUT2D eigenvalue weighted by molar-refractivity contribution is 0.0368. The molecule has 8 heteroatoms. The van der Waals surface area contributed by atoms with Crippen molar-refractivity contribution in [2.45, 2.75) is 13.0 Å². The predicted octanol–water partition coefficient (Wildman–Crippen LogP) is 4.92. The zero-order valence-corrected chi connectivity index (χ0v) is 19.4. The molecule has 0 spiro atoms. The van der Waals surface area contributed by atoms with Crippen molar-refractivity contribution in [2.24, 2.45) is 0 Å². The third-order valence-corrected chi connectivity index (χ3v) is 5.87. The van der Waals surface area contributed by atoms with E-state index in [4.69, 9.17) is 44.9 Å². The summed E-state index contributed by atoms with van der Waals surface area (Å²) in [6.07, 6.45) is 1.01. The summed E-state index contributed by atoms with van der Waals surface area (Å²) in [5.74, 6) is 0.609. The Hall–Kier alpha value is -1.57. The molecule has 1 heterocycles. The fraction of sp³-hybridized carbons (Fsp3) is 0.409. The molecule has 1 N–H and O–H groups in total. The van der Waals surface area contributed by atoms with Crippen LogP contribution >= 0.6 is 35.4 Å². The van der Waals surface area contributed by atoms with Crippen LogP contribution in [-0.2, 0) is 11.3 Å². The molecule has 2 aromatic carbocycles.